The van der Waals surface area contributed by atoms with E-state index in [1.54, 1.807) is 12.4 Å². The van der Waals surface area contributed by atoms with Gasteiger partial charge in [-0.1, -0.05) is 12.8 Å². The second kappa shape index (κ2) is 5.97. The van der Waals surface area contributed by atoms with Crippen molar-refractivity contribution in [2.75, 3.05) is 12.4 Å². The van der Waals surface area contributed by atoms with Crippen LogP contribution in [0, 0.1) is 5.41 Å². The Kier molecular flexibility index (Phi) is 4.74. The number of aromatic nitrogens is 1. The van der Waals surface area contributed by atoms with E-state index < -0.39 is 9.05 Å². The van der Waals surface area contributed by atoms with E-state index >= 15 is 0 Å². The quantitative estimate of drug-likeness (QED) is 0.748. The molecule has 1 aliphatic carbocycles. The van der Waals surface area contributed by atoms with Crippen molar-refractivity contribution in [3.8, 4) is 5.75 Å². The maximum Gasteiger partial charge on any atom is 0.233 e. The summed E-state index contributed by atoms with van der Waals surface area (Å²) in [6, 6.07) is 1.81. The van der Waals surface area contributed by atoms with Crippen molar-refractivity contribution in [3.63, 3.8) is 0 Å². The minimum absolute atomic E-state index is 0.0248. The molecule has 1 saturated carbocycles. The largest absolute Gasteiger partial charge is 0.491 e. The molecule has 0 spiro atoms. The van der Waals surface area contributed by atoms with Crippen molar-refractivity contribution < 1.29 is 13.2 Å². The van der Waals surface area contributed by atoms with Crippen molar-refractivity contribution in [3.05, 3.63) is 22.9 Å². The van der Waals surface area contributed by atoms with E-state index in [0.29, 0.717) is 12.4 Å². The van der Waals surface area contributed by atoms with E-state index in [0.717, 1.165) is 30.2 Å². The van der Waals surface area contributed by atoms with Crippen molar-refractivity contribution in [1.29, 1.82) is 0 Å². The lowest BCUT2D eigenvalue weighted by atomic mass is 9.90. The zero-order valence-corrected chi connectivity index (χ0v) is 13.5. The highest BCUT2D eigenvalue weighted by Crippen LogP contribution is 2.40. The zero-order valence-electron chi connectivity index (χ0n) is 10.3. The Morgan fingerprint density at radius 2 is 2.05 bits per heavy atom. The molecule has 0 bridgehead atoms. The molecule has 0 aliphatic heterocycles. The van der Waals surface area contributed by atoms with Crippen molar-refractivity contribution in [1.82, 2.24) is 4.98 Å². The van der Waals surface area contributed by atoms with Gasteiger partial charge in [0.1, 0.15) is 5.75 Å². The average Bonchev–Trinajstić information content (AvgIpc) is 2.73. The van der Waals surface area contributed by atoms with Gasteiger partial charge in [0.25, 0.3) is 0 Å². The van der Waals surface area contributed by atoms with Crippen LogP contribution in [0.25, 0.3) is 0 Å². The van der Waals surface area contributed by atoms with Gasteiger partial charge >= 0.3 is 0 Å². The summed E-state index contributed by atoms with van der Waals surface area (Å²) >= 11 is 3.32. The Morgan fingerprint density at radius 3 is 2.63 bits per heavy atom. The Morgan fingerprint density at radius 1 is 1.37 bits per heavy atom. The second-order valence-corrected chi connectivity index (χ2v) is 8.71. The molecule has 1 heterocycles. The van der Waals surface area contributed by atoms with Crippen LogP contribution in [0.3, 0.4) is 0 Å². The van der Waals surface area contributed by atoms with Gasteiger partial charge < -0.3 is 4.74 Å². The fourth-order valence-electron chi connectivity index (χ4n) is 2.53. The van der Waals surface area contributed by atoms with Crippen LogP contribution in [0.1, 0.15) is 25.7 Å². The normalized spacial score (nSPS) is 18.4. The fraction of sp³-hybridized carbons (Fsp3) is 0.583. The van der Waals surface area contributed by atoms with Crippen molar-refractivity contribution >= 4 is 35.7 Å². The molecular formula is C12H15BrClNO3S. The lowest BCUT2D eigenvalue weighted by molar-refractivity contribution is 0.170. The lowest BCUT2D eigenvalue weighted by Gasteiger charge is -2.27. The molecule has 1 aromatic rings. The maximum atomic E-state index is 11.3. The Hall–Kier alpha value is -0.330. The van der Waals surface area contributed by atoms with Gasteiger partial charge in [-0.2, -0.15) is 0 Å². The maximum absolute atomic E-state index is 11.3. The predicted molar refractivity (Wildman–Crippen MR) is 78.0 cm³/mol. The molecule has 106 valence electrons. The average molecular weight is 369 g/mol. The van der Waals surface area contributed by atoms with Crippen LogP contribution in [-0.2, 0) is 9.05 Å². The molecule has 0 aromatic carbocycles. The summed E-state index contributed by atoms with van der Waals surface area (Å²) in [5.74, 6) is 0.607. The third-order valence-electron chi connectivity index (χ3n) is 3.37. The van der Waals surface area contributed by atoms with Gasteiger partial charge in [-0.15, -0.1) is 0 Å². The summed E-state index contributed by atoms with van der Waals surface area (Å²) in [4.78, 5) is 4.01. The second-order valence-electron chi connectivity index (χ2n) is 5.02. The Bertz CT molecular complexity index is 544. The van der Waals surface area contributed by atoms with Crippen LogP contribution >= 0.6 is 26.6 Å². The molecule has 0 unspecified atom stereocenters. The molecule has 1 fully saturated rings. The first-order valence-electron chi connectivity index (χ1n) is 6.04. The van der Waals surface area contributed by atoms with E-state index in [1.807, 2.05) is 6.07 Å². The van der Waals surface area contributed by atoms with E-state index in [-0.39, 0.29) is 11.2 Å². The van der Waals surface area contributed by atoms with Gasteiger partial charge in [-0.05, 0) is 34.8 Å². The molecule has 7 heteroatoms. The van der Waals surface area contributed by atoms with Crippen LogP contribution < -0.4 is 4.74 Å². The number of halogens is 2. The van der Waals surface area contributed by atoms with Crippen molar-refractivity contribution in [2.24, 2.45) is 5.41 Å². The van der Waals surface area contributed by atoms with Crippen molar-refractivity contribution in [2.45, 2.75) is 25.7 Å². The molecule has 0 radical (unpaired) electrons. The molecule has 0 saturated heterocycles. The molecular weight excluding hydrogens is 354 g/mol. The van der Waals surface area contributed by atoms with E-state index in [2.05, 4.69) is 20.9 Å². The van der Waals surface area contributed by atoms with Crippen LogP contribution in [0.15, 0.2) is 22.9 Å². The topological polar surface area (TPSA) is 56.3 Å². The molecule has 1 aromatic heterocycles. The number of pyridine rings is 1. The highest BCUT2D eigenvalue weighted by molar-refractivity contribution is 9.10. The van der Waals surface area contributed by atoms with Gasteiger partial charge in [-0.25, -0.2) is 8.42 Å². The number of hydrogen-bond acceptors (Lipinski definition) is 4. The van der Waals surface area contributed by atoms with Gasteiger partial charge in [0.15, 0.2) is 0 Å². The minimum Gasteiger partial charge on any atom is -0.491 e. The summed E-state index contributed by atoms with van der Waals surface area (Å²) in [5.41, 5.74) is -0.358. The third-order valence-corrected chi connectivity index (χ3v) is 5.09. The molecule has 19 heavy (non-hydrogen) atoms. The van der Waals surface area contributed by atoms with Crippen LogP contribution in [0.4, 0.5) is 0 Å². The van der Waals surface area contributed by atoms with E-state index in [1.165, 1.54) is 0 Å². The first-order valence-corrected chi connectivity index (χ1v) is 9.31. The van der Waals surface area contributed by atoms with Gasteiger partial charge in [0.2, 0.25) is 9.05 Å². The first-order chi connectivity index (χ1) is 8.89. The SMILES string of the molecule is O=S(=O)(Cl)CC1(COc2cncc(Br)c2)CCCC1. The number of hydrogen-bond donors (Lipinski definition) is 0. The lowest BCUT2D eigenvalue weighted by Crippen LogP contribution is -2.32. The first kappa shape index (κ1) is 15.1. The minimum atomic E-state index is -3.51. The predicted octanol–water partition coefficient (Wildman–Crippen LogP) is 3.35. The van der Waals surface area contributed by atoms with Gasteiger partial charge in [0, 0.05) is 26.8 Å². The monoisotopic (exact) mass is 367 g/mol. The molecule has 0 atom stereocenters. The summed E-state index contributed by atoms with van der Waals surface area (Å²) in [5, 5.41) is 0. The Labute approximate surface area is 126 Å². The molecule has 2 rings (SSSR count). The standard InChI is InChI=1S/C12H15BrClNO3S/c13-10-5-11(7-15-6-10)18-8-12(3-1-2-4-12)9-19(14,16)17/h5-7H,1-4,8-9H2. The zero-order chi connectivity index (χ0) is 13.9. The summed E-state index contributed by atoms with van der Waals surface area (Å²) in [6.07, 6.45) is 6.99. The fourth-order valence-corrected chi connectivity index (χ4v) is 4.67. The van der Waals surface area contributed by atoms with Crippen LogP contribution in [-0.4, -0.2) is 25.8 Å². The van der Waals surface area contributed by atoms with Gasteiger partial charge in [-0.3, -0.25) is 4.98 Å². The third kappa shape index (κ3) is 4.61. The van der Waals surface area contributed by atoms with E-state index in [4.69, 9.17) is 15.4 Å². The number of ether oxygens (including phenoxy) is 1. The van der Waals surface area contributed by atoms with Gasteiger partial charge in [0.05, 0.1) is 18.6 Å². The molecule has 1 aliphatic rings. The number of nitrogens with zero attached hydrogens (tertiary/aromatic N) is 1. The molecule has 4 nitrogen and oxygen atoms in total. The van der Waals surface area contributed by atoms with Crippen LogP contribution in [0.2, 0.25) is 0 Å². The van der Waals surface area contributed by atoms with E-state index in [9.17, 15) is 8.42 Å². The summed E-state index contributed by atoms with van der Waals surface area (Å²) in [7, 11) is 1.90. The summed E-state index contributed by atoms with van der Waals surface area (Å²) < 4.78 is 29.2. The Balaban J connectivity index is 2.05. The molecule has 0 amide bonds. The number of rotatable bonds is 5. The highest BCUT2D eigenvalue weighted by atomic mass is 79.9. The smallest absolute Gasteiger partial charge is 0.233 e. The summed E-state index contributed by atoms with van der Waals surface area (Å²) in [6.45, 7) is 0.358. The highest BCUT2D eigenvalue weighted by Gasteiger charge is 2.38. The molecule has 0 N–H and O–H groups in total. The van der Waals surface area contributed by atoms with Crippen LogP contribution in [0.5, 0.6) is 5.75 Å².